The molecule has 20 heavy (non-hydrogen) atoms. The summed E-state index contributed by atoms with van der Waals surface area (Å²) in [4.78, 5) is 25.1. The van der Waals surface area contributed by atoms with Crippen molar-refractivity contribution in [3.63, 3.8) is 0 Å². The molecule has 0 spiro atoms. The van der Waals surface area contributed by atoms with Crippen LogP contribution in [0.25, 0.3) is 0 Å². The third kappa shape index (κ3) is 2.54. The van der Waals surface area contributed by atoms with Crippen molar-refractivity contribution in [2.45, 2.75) is 33.2 Å². The van der Waals surface area contributed by atoms with Crippen LogP contribution in [-0.2, 0) is 11.2 Å². The minimum absolute atomic E-state index is 0.154. The average molecular weight is 276 g/mol. The highest BCUT2D eigenvalue weighted by atomic mass is 16.4. The fraction of sp³-hybridized carbons (Fsp3) is 0.467. The number of carbonyl (C=O) groups is 2. The summed E-state index contributed by atoms with van der Waals surface area (Å²) in [5.74, 6) is -1.15. The Bertz CT molecular complexity index is 561. The molecule has 1 aliphatic heterocycles. The van der Waals surface area contributed by atoms with Gasteiger partial charge < -0.3 is 15.7 Å². The molecule has 5 nitrogen and oxygen atoms in total. The Labute approximate surface area is 118 Å². The van der Waals surface area contributed by atoms with Crippen molar-refractivity contribution in [2.75, 3.05) is 11.4 Å². The first-order valence-corrected chi connectivity index (χ1v) is 6.65. The predicted molar refractivity (Wildman–Crippen MR) is 76.9 cm³/mol. The van der Waals surface area contributed by atoms with E-state index in [4.69, 9.17) is 10.8 Å². The molecular weight excluding hydrogens is 256 g/mol. The molecule has 108 valence electrons. The maximum atomic E-state index is 12.5. The lowest BCUT2D eigenvalue weighted by Crippen LogP contribution is -2.50. The molecule has 2 rings (SSSR count). The summed E-state index contributed by atoms with van der Waals surface area (Å²) < 4.78 is 0. The van der Waals surface area contributed by atoms with E-state index in [1.165, 1.54) is 0 Å². The van der Waals surface area contributed by atoms with Crippen molar-refractivity contribution in [1.82, 2.24) is 0 Å². The molecule has 1 aromatic carbocycles. The molecule has 0 radical (unpaired) electrons. The Morgan fingerprint density at radius 2 is 2.00 bits per heavy atom. The van der Waals surface area contributed by atoms with E-state index in [0.29, 0.717) is 12.2 Å². The number of hydrogen-bond donors (Lipinski definition) is 2. The van der Waals surface area contributed by atoms with Gasteiger partial charge in [-0.3, -0.25) is 4.79 Å². The van der Waals surface area contributed by atoms with Crippen LogP contribution in [0.3, 0.4) is 0 Å². The Balaban J connectivity index is 2.33. The molecule has 0 saturated heterocycles. The number of nitrogens with zero attached hydrogens (tertiary/aromatic N) is 1. The molecule has 1 aromatic rings. The van der Waals surface area contributed by atoms with Gasteiger partial charge in [0.25, 0.3) is 0 Å². The molecular formula is C15H20N2O3. The quantitative estimate of drug-likeness (QED) is 0.860. The third-order valence-corrected chi connectivity index (χ3v) is 3.69. The zero-order chi connectivity index (χ0) is 15.1. The molecule has 1 aliphatic rings. The van der Waals surface area contributed by atoms with E-state index in [-0.39, 0.29) is 16.9 Å². The first kappa shape index (κ1) is 14.5. The van der Waals surface area contributed by atoms with E-state index < -0.39 is 12.0 Å². The molecule has 1 atom stereocenters. The van der Waals surface area contributed by atoms with Crippen LogP contribution in [0.2, 0.25) is 0 Å². The number of amides is 1. The molecule has 1 unspecified atom stereocenters. The fourth-order valence-corrected chi connectivity index (χ4v) is 2.28. The lowest BCUT2D eigenvalue weighted by molar-refractivity contribution is -0.121. The van der Waals surface area contributed by atoms with Crippen molar-refractivity contribution in [1.29, 1.82) is 0 Å². The third-order valence-electron chi connectivity index (χ3n) is 3.69. The topological polar surface area (TPSA) is 83.6 Å². The highest BCUT2D eigenvalue weighted by molar-refractivity contribution is 6.00. The van der Waals surface area contributed by atoms with Crippen LogP contribution in [0.4, 0.5) is 5.69 Å². The SMILES string of the molecule is CC(C)(C)C(N)C(=O)N1CCc2ccc(C(=O)O)cc21. The zero-order valence-corrected chi connectivity index (χ0v) is 12.0. The first-order chi connectivity index (χ1) is 9.21. The molecule has 5 heteroatoms. The van der Waals surface area contributed by atoms with E-state index in [0.717, 1.165) is 12.0 Å². The van der Waals surface area contributed by atoms with E-state index >= 15 is 0 Å². The second-order valence-electron chi connectivity index (χ2n) is 6.23. The molecule has 0 aliphatic carbocycles. The normalized spacial score (nSPS) is 15.9. The summed E-state index contributed by atoms with van der Waals surface area (Å²) >= 11 is 0. The van der Waals surface area contributed by atoms with Crippen LogP contribution < -0.4 is 10.6 Å². The van der Waals surface area contributed by atoms with Crippen LogP contribution in [0.1, 0.15) is 36.7 Å². The average Bonchev–Trinajstić information content (AvgIpc) is 2.78. The van der Waals surface area contributed by atoms with Gasteiger partial charge in [-0.2, -0.15) is 0 Å². The molecule has 0 fully saturated rings. The molecule has 1 heterocycles. The van der Waals surface area contributed by atoms with Crippen LogP contribution >= 0.6 is 0 Å². The van der Waals surface area contributed by atoms with Gasteiger partial charge in [-0.25, -0.2) is 4.79 Å². The summed E-state index contributed by atoms with van der Waals surface area (Å²) in [6.07, 6.45) is 0.734. The van der Waals surface area contributed by atoms with Crippen LogP contribution in [0, 0.1) is 5.41 Å². The van der Waals surface area contributed by atoms with Crippen LogP contribution in [-0.4, -0.2) is 29.6 Å². The Morgan fingerprint density at radius 3 is 2.55 bits per heavy atom. The number of fused-ring (bicyclic) bond motifs is 1. The molecule has 0 aromatic heterocycles. The van der Waals surface area contributed by atoms with E-state index in [1.807, 2.05) is 20.8 Å². The van der Waals surface area contributed by atoms with Crippen LogP contribution in [0.15, 0.2) is 18.2 Å². The number of anilines is 1. The predicted octanol–water partition coefficient (Wildman–Crippen LogP) is 1.65. The number of aromatic carboxylic acids is 1. The maximum absolute atomic E-state index is 12.5. The molecule has 0 bridgehead atoms. The van der Waals surface area contributed by atoms with Gasteiger partial charge in [-0.1, -0.05) is 26.8 Å². The van der Waals surface area contributed by atoms with Gasteiger partial charge in [0.2, 0.25) is 5.91 Å². The van der Waals surface area contributed by atoms with Gasteiger partial charge in [0, 0.05) is 12.2 Å². The van der Waals surface area contributed by atoms with E-state index in [9.17, 15) is 9.59 Å². The van der Waals surface area contributed by atoms with Gasteiger partial charge in [-0.15, -0.1) is 0 Å². The summed E-state index contributed by atoms with van der Waals surface area (Å²) in [5, 5.41) is 9.05. The summed E-state index contributed by atoms with van der Waals surface area (Å²) in [6, 6.07) is 4.28. The Hall–Kier alpha value is -1.88. The zero-order valence-electron chi connectivity index (χ0n) is 12.0. The number of carboxylic acids is 1. The fourth-order valence-electron chi connectivity index (χ4n) is 2.28. The van der Waals surface area contributed by atoms with Crippen molar-refractivity contribution in [3.8, 4) is 0 Å². The van der Waals surface area contributed by atoms with E-state index in [1.54, 1.807) is 23.1 Å². The van der Waals surface area contributed by atoms with Gasteiger partial charge in [0.15, 0.2) is 0 Å². The smallest absolute Gasteiger partial charge is 0.335 e. The number of carbonyl (C=O) groups excluding carboxylic acids is 1. The lowest BCUT2D eigenvalue weighted by atomic mass is 9.86. The van der Waals surface area contributed by atoms with E-state index in [2.05, 4.69) is 0 Å². The maximum Gasteiger partial charge on any atom is 0.335 e. The standard InChI is InChI=1S/C15H20N2O3/c1-15(2,3)12(16)13(18)17-7-6-9-4-5-10(14(19)20)8-11(9)17/h4-5,8,12H,6-7,16H2,1-3H3,(H,19,20). The number of rotatable bonds is 2. The second-order valence-corrected chi connectivity index (χ2v) is 6.23. The minimum Gasteiger partial charge on any atom is -0.478 e. The molecule has 0 saturated carbocycles. The van der Waals surface area contributed by atoms with Crippen molar-refractivity contribution in [2.24, 2.45) is 11.1 Å². The number of hydrogen-bond acceptors (Lipinski definition) is 3. The molecule has 3 N–H and O–H groups in total. The summed E-state index contributed by atoms with van der Waals surface area (Å²) in [7, 11) is 0. The lowest BCUT2D eigenvalue weighted by Gasteiger charge is -2.30. The van der Waals surface area contributed by atoms with Gasteiger partial charge >= 0.3 is 5.97 Å². The largest absolute Gasteiger partial charge is 0.478 e. The highest BCUT2D eigenvalue weighted by Crippen LogP contribution is 2.31. The Kier molecular flexibility index (Phi) is 3.56. The Morgan fingerprint density at radius 1 is 1.35 bits per heavy atom. The highest BCUT2D eigenvalue weighted by Gasteiger charge is 2.34. The number of benzene rings is 1. The van der Waals surface area contributed by atoms with Gasteiger partial charge in [0.05, 0.1) is 11.6 Å². The number of carboxylic acid groups (broad SMARTS) is 1. The van der Waals surface area contributed by atoms with Gasteiger partial charge in [-0.05, 0) is 29.5 Å². The first-order valence-electron chi connectivity index (χ1n) is 6.65. The summed E-state index contributed by atoms with van der Waals surface area (Å²) in [6.45, 7) is 6.31. The number of nitrogens with two attached hydrogens (primary N) is 1. The second kappa shape index (κ2) is 4.90. The monoisotopic (exact) mass is 276 g/mol. The minimum atomic E-state index is -0.993. The van der Waals surface area contributed by atoms with Gasteiger partial charge in [0.1, 0.15) is 0 Å². The van der Waals surface area contributed by atoms with Crippen molar-refractivity contribution >= 4 is 17.6 Å². The summed E-state index contributed by atoms with van der Waals surface area (Å²) in [5.41, 5.74) is 7.55. The van der Waals surface area contributed by atoms with Crippen molar-refractivity contribution < 1.29 is 14.7 Å². The van der Waals surface area contributed by atoms with Crippen molar-refractivity contribution in [3.05, 3.63) is 29.3 Å². The molecule has 1 amide bonds. The van der Waals surface area contributed by atoms with Crippen LogP contribution in [0.5, 0.6) is 0 Å².